The molecule has 0 amide bonds. The van der Waals surface area contributed by atoms with Crippen LogP contribution in [0, 0.1) is 0 Å². The molecule has 0 unspecified atom stereocenters. The highest BCUT2D eigenvalue weighted by atomic mass is 32.2. The van der Waals surface area contributed by atoms with Crippen molar-refractivity contribution < 1.29 is 9.47 Å². The van der Waals surface area contributed by atoms with Crippen LogP contribution in [0.5, 0.6) is 0 Å². The van der Waals surface area contributed by atoms with Crippen LogP contribution in [-0.2, 0) is 16.1 Å². The van der Waals surface area contributed by atoms with E-state index in [4.69, 9.17) is 9.47 Å². The minimum Gasteiger partial charge on any atom is -0.384 e. The molecule has 4 aromatic rings. The Hall–Kier alpha value is -2.83. The molecule has 0 saturated heterocycles. The predicted molar refractivity (Wildman–Crippen MR) is 97.1 cm³/mol. The van der Waals surface area contributed by atoms with E-state index in [1.54, 1.807) is 26.5 Å². The number of thioether (sulfide) groups is 1. The van der Waals surface area contributed by atoms with Gasteiger partial charge >= 0.3 is 0 Å². The van der Waals surface area contributed by atoms with Gasteiger partial charge in [-0.05, 0) is 6.07 Å². The summed E-state index contributed by atoms with van der Waals surface area (Å²) in [4.78, 5) is 25.7. The monoisotopic (exact) mass is 388 g/mol. The number of hydrogen-bond acceptors (Lipinski definition) is 9. The molecular weight excluding hydrogens is 372 g/mol. The van der Waals surface area contributed by atoms with Crippen molar-refractivity contribution in [2.75, 3.05) is 26.6 Å². The van der Waals surface area contributed by atoms with Crippen LogP contribution in [0.15, 0.2) is 28.4 Å². The van der Waals surface area contributed by atoms with Gasteiger partial charge in [-0.15, -0.1) is 10.2 Å². The van der Waals surface area contributed by atoms with Crippen LogP contribution in [0.1, 0.15) is 5.82 Å². The molecular formula is C15H16N8O3S. The van der Waals surface area contributed by atoms with Crippen LogP contribution in [0.25, 0.3) is 22.6 Å². The molecule has 11 nitrogen and oxygen atoms in total. The summed E-state index contributed by atoms with van der Waals surface area (Å²) in [6.45, 7) is 0.860. The summed E-state index contributed by atoms with van der Waals surface area (Å²) < 4.78 is 13.0. The molecule has 0 atom stereocenters. The molecule has 0 spiro atoms. The second kappa shape index (κ2) is 7.42. The maximum absolute atomic E-state index is 12.9. The lowest BCUT2D eigenvalue weighted by molar-refractivity contribution is 0.178. The van der Waals surface area contributed by atoms with Gasteiger partial charge < -0.3 is 9.47 Å². The smallest absolute Gasteiger partial charge is 0.268 e. The molecule has 0 aliphatic heterocycles. The second-order valence-electron chi connectivity index (χ2n) is 5.50. The SMILES string of the molecule is COCCSc1n[nH]c(-n2ccc3c(cnc4nc(COC)nn43)c2=O)n1. The lowest BCUT2D eigenvalue weighted by Crippen LogP contribution is -2.20. The third kappa shape index (κ3) is 3.29. The fraction of sp³-hybridized carbons (Fsp3) is 0.333. The van der Waals surface area contributed by atoms with Gasteiger partial charge in [-0.3, -0.25) is 9.36 Å². The Balaban J connectivity index is 1.74. The van der Waals surface area contributed by atoms with Crippen molar-refractivity contribution in [1.82, 2.24) is 39.3 Å². The minimum absolute atomic E-state index is 0.267. The van der Waals surface area contributed by atoms with Crippen molar-refractivity contribution in [3.8, 4) is 5.95 Å². The lowest BCUT2D eigenvalue weighted by Gasteiger charge is -2.04. The second-order valence-corrected chi connectivity index (χ2v) is 6.57. The van der Waals surface area contributed by atoms with Crippen molar-refractivity contribution in [3.05, 3.63) is 34.6 Å². The molecule has 0 aromatic carbocycles. The van der Waals surface area contributed by atoms with E-state index >= 15 is 0 Å². The molecule has 0 aliphatic carbocycles. The Bertz CT molecular complexity index is 1150. The van der Waals surface area contributed by atoms with E-state index < -0.39 is 0 Å². The normalized spacial score (nSPS) is 11.6. The van der Waals surface area contributed by atoms with Crippen molar-refractivity contribution >= 4 is 28.4 Å². The van der Waals surface area contributed by atoms with Crippen LogP contribution < -0.4 is 5.56 Å². The Morgan fingerprint density at radius 2 is 2.15 bits per heavy atom. The molecule has 1 N–H and O–H groups in total. The Labute approximate surface area is 156 Å². The number of ether oxygens (including phenoxy) is 2. The summed E-state index contributed by atoms with van der Waals surface area (Å²) >= 11 is 1.44. The highest BCUT2D eigenvalue weighted by molar-refractivity contribution is 7.99. The number of hydrogen-bond donors (Lipinski definition) is 1. The number of pyridine rings is 1. The third-order valence-electron chi connectivity index (χ3n) is 3.75. The number of aromatic amines is 1. The minimum atomic E-state index is -0.282. The molecule has 4 heterocycles. The molecule has 0 fully saturated rings. The summed E-state index contributed by atoms with van der Waals surface area (Å²) in [5.74, 6) is 1.96. The molecule has 4 aromatic heterocycles. The highest BCUT2D eigenvalue weighted by Crippen LogP contribution is 2.15. The first-order chi connectivity index (χ1) is 13.2. The molecule has 140 valence electrons. The van der Waals surface area contributed by atoms with E-state index in [2.05, 4.69) is 30.2 Å². The van der Waals surface area contributed by atoms with Gasteiger partial charge in [-0.2, -0.15) is 14.5 Å². The molecule has 0 saturated carbocycles. The van der Waals surface area contributed by atoms with Crippen LogP contribution >= 0.6 is 11.8 Å². The fourth-order valence-corrected chi connectivity index (χ4v) is 3.24. The van der Waals surface area contributed by atoms with E-state index in [1.807, 2.05) is 0 Å². The average Bonchev–Trinajstić information content (AvgIpc) is 3.29. The molecule has 12 heteroatoms. The topological polar surface area (TPSA) is 125 Å². The van der Waals surface area contributed by atoms with Gasteiger partial charge in [0.15, 0.2) is 5.82 Å². The van der Waals surface area contributed by atoms with Crippen molar-refractivity contribution in [3.63, 3.8) is 0 Å². The van der Waals surface area contributed by atoms with Gasteiger partial charge in [-0.25, -0.2) is 10.1 Å². The standard InChI is InChI=1S/C15H16N8O3S/c1-25-5-6-27-15-18-14(19-20-15)22-4-3-10-9(12(22)24)7-16-13-17-11(8-26-2)21-23(10)13/h3-4,7H,5-6,8H2,1-2H3,(H,18,19,20). The maximum Gasteiger partial charge on any atom is 0.268 e. The van der Waals surface area contributed by atoms with E-state index in [9.17, 15) is 4.79 Å². The fourth-order valence-electron chi connectivity index (χ4n) is 2.54. The number of methoxy groups -OCH3 is 2. The van der Waals surface area contributed by atoms with Crippen LogP contribution in [0.4, 0.5) is 0 Å². The molecule has 0 bridgehead atoms. The van der Waals surface area contributed by atoms with Gasteiger partial charge in [0.05, 0.1) is 17.5 Å². The first kappa shape index (κ1) is 17.6. The number of fused-ring (bicyclic) bond motifs is 3. The quantitative estimate of drug-likeness (QED) is 0.354. The largest absolute Gasteiger partial charge is 0.384 e. The first-order valence-corrected chi connectivity index (χ1v) is 8.99. The van der Waals surface area contributed by atoms with Crippen LogP contribution in [0.2, 0.25) is 0 Å². The molecule has 4 rings (SSSR count). The Morgan fingerprint density at radius 1 is 1.26 bits per heavy atom. The number of nitrogens with zero attached hydrogens (tertiary/aromatic N) is 7. The van der Waals surface area contributed by atoms with Gasteiger partial charge in [0.2, 0.25) is 11.1 Å². The molecule has 0 aliphatic rings. The highest BCUT2D eigenvalue weighted by Gasteiger charge is 2.14. The van der Waals surface area contributed by atoms with E-state index in [0.717, 1.165) is 5.75 Å². The first-order valence-electron chi connectivity index (χ1n) is 8.00. The zero-order valence-corrected chi connectivity index (χ0v) is 15.4. The van der Waals surface area contributed by atoms with E-state index in [-0.39, 0.29) is 12.2 Å². The summed E-state index contributed by atoms with van der Waals surface area (Å²) in [6.07, 6.45) is 3.10. The number of nitrogens with one attached hydrogen (secondary N) is 1. The van der Waals surface area contributed by atoms with Crippen molar-refractivity contribution in [2.24, 2.45) is 0 Å². The zero-order chi connectivity index (χ0) is 18.8. The third-order valence-corrected chi connectivity index (χ3v) is 4.56. The average molecular weight is 388 g/mol. The predicted octanol–water partition coefficient (Wildman–Crippen LogP) is 0.431. The lowest BCUT2D eigenvalue weighted by atomic mass is 10.3. The van der Waals surface area contributed by atoms with Gasteiger partial charge in [0.1, 0.15) is 6.61 Å². The summed E-state index contributed by atoms with van der Waals surface area (Å²) in [6, 6.07) is 1.76. The van der Waals surface area contributed by atoms with Gasteiger partial charge in [0.25, 0.3) is 11.3 Å². The molecule has 27 heavy (non-hydrogen) atoms. The maximum atomic E-state index is 12.9. The van der Waals surface area contributed by atoms with E-state index in [1.165, 1.54) is 27.0 Å². The Morgan fingerprint density at radius 3 is 2.96 bits per heavy atom. The van der Waals surface area contributed by atoms with E-state index in [0.29, 0.717) is 40.2 Å². The summed E-state index contributed by atoms with van der Waals surface area (Å²) in [5, 5.41) is 12.2. The zero-order valence-electron chi connectivity index (χ0n) is 14.6. The van der Waals surface area contributed by atoms with Crippen LogP contribution in [0.3, 0.4) is 0 Å². The number of rotatable bonds is 7. The van der Waals surface area contributed by atoms with Crippen molar-refractivity contribution in [1.29, 1.82) is 0 Å². The van der Waals surface area contributed by atoms with Crippen LogP contribution in [-0.4, -0.2) is 65.9 Å². The van der Waals surface area contributed by atoms with Crippen molar-refractivity contribution in [2.45, 2.75) is 11.8 Å². The van der Waals surface area contributed by atoms with Gasteiger partial charge in [0, 0.05) is 32.4 Å². The summed E-state index contributed by atoms with van der Waals surface area (Å²) in [7, 11) is 3.20. The molecule has 0 radical (unpaired) electrons. The van der Waals surface area contributed by atoms with Gasteiger partial charge in [-0.1, -0.05) is 11.8 Å². The summed E-state index contributed by atoms with van der Waals surface area (Å²) in [5.41, 5.74) is 0.320. The Kier molecular flexibility index (Phi) is 4.83. The number of aromatic nitrogens is 8. The number of H-pyrrole nitrogens is 1.